The molecule has 0 unspecified atom stereocenters. The van der Waals surface area contributed by atoms with E-state index < -0.39 is 0 Å². The third kappa shape index (κ3) is 8.26. The molecule has 0 aromatic rings. The maximum Gasteiger partial charge on any atom is 0.0107 e. The minimum absolute atomic E-state index is 1.18. The minimum atomic E-state index is 1.18. The Morgan fingerprint density at radius 3 is 2.08 bits per heavy atom. The smallest absolute Gasteiger partial charge is 0.0107 e. The molecule has 80 valence electrons. The van der Waals surface area contributed by atoms with Crippen molar-refractivity contribution in [2.45, 2.75) is 40.0 Å². The fraction of sp³-hybridized carbons (Fsp3) is 1.00. The minimum Gasteiger partial charge on any atom is -0.314 e. The van der Waals surface area contributed by atoms with Gasteiger partial charge in [-0.3, -0.25) is 0 Å². The normalized spacial score (nSPS) is 17.8. The van der Waals surface area contributed by atoms with Crippen LogP contribution >= 0.6 is 0 Å². The van der Waals surface area contributed by atoms with Gasteiger partial charge in [-0.05, 0) is 13.0 Å². The van der Waals surface area contributed by atoms with Crippen molar-refractivity contribution >= 4 is 0 Å². The molecule has 0 saturated carbocycles. The standard InChI is InChI=1S/C8H18N2.C3H8/c1-2-3-6-10-7-4-9-5-8-10;1-3-2/h9H,2-8H2,1H3;3H2,1-2H3. The van der Waals surface area contributed by atoms with E-state index in [0.29, 0.717) is 0 Å². The Labute approximate surface area is 83.7 Å². The zero-order chi connectivity index (χ0) is 9.94. The number of nitrogens with zero attached hydrogens (tertiary/aromatic N) is 1. The van der Waals surface area contributed by atoms with Crippen LogP contribution in [0.1, 0.15) is 40.0 Å². The number of hydrogen-bond donors (Lipinski definition) is 1. The van der Waals surface area contributed by atoms with Crippen molar-refractivity contribution in [3.8, 4) is 0 Å². The van der Waals surface area contributed by atoms with Gasteiger partial charge in [0.25, 0.3) is 0 Å². The van der Waals surface area contributed by atoms with E-state index in [1.165, 1.54) is 52.0 Å². The Morgan fingerprint density at radius 1 is 1.08 bits per heavy atom. The molecule has 0 radical (unpaired) electrons. The SMILES string of the molecule is CCC.CCCCN1CCNCC1. The summed E-state index contributed by atoms with van der Waals surface area (Å²) >= 11 is 0. The molecule has 13 heavy (non-hydrogen) atoms. The molecule has 1 aliphatic rings. The predicted molar refractivity (Wildman–Crippen MR) is 60.2 cm³/mol. The summed E-state index contributed by atoms with van der Waals surface area (Å²) in [6.45, 7) is 12.7. The van der Waals surface area contributed by atoms with Crippen LogP contribution in [0.5, 0.6) is 0 Å². The number of rotatable bonds is 3. The van der Waals surface area contributed by atoms with E-state index in [4.69, 9.17) is 0 Å². The van der Waals surface area contributed by atoms with Gasteiger partial charge in [0.2, 0.25) is 0 Å². The average Bonchev–Trinajstić information content (AvgIpc) is 2.18. The van der Waals surface area contributed by atoms with Crippen molar-refractivity contribution in [2.75, 3.05) is 32.7 Å². The second kappa shape index (κ2) is 10.0. The molecular formula is C11H26N2. The Hall–Kier alpha value is -0.0800. The van der Waals surface area contributed by atoms with Gasteiger partial charge in [0.15, 0.2) is 0 Å². The summed E-state index contributed by atoms with van der Waals surface area (Å²) in [6, 6.07) is 0. The first-order valence-electron chi connectivity index (χ1n) is 5.78. The Bertz CT molecular complexity index is 88.1. The zero-order valence-electron chi connectivity index (χ0n) is 9.60. The summed E-state index contributed by atoms with van der Waals surface area (Å²) in [7, 11) is 0. The quantitative estimate of drug-likeness (QED) is 0.726. The number of unbranched alkanes of at least 4 members (excludes halogenated alkanes) is 1. The van der Waals surface area contributed by atoms with Gasteiger partial charge in [-0.1, -0.05) is 33.6 Å². The van der Waals surface area contributed by atoms with E-state index in [-0.39, 0.29) is 0 Å². The van der Waals surface area contributed by atoms with E-state index in [9.17, 15) is 0 Å². The molecule has 0 aromatic carbocycles. The zero-order valence-corrected chi connectivity index (χ0v) is 9.60. The highest BCUT2D eigenvalue weighted by Crippen LogP contribution is 1.95. The molecule has 1 heterocycles. The van der Waals surface area contributed by atoms with E-state index in [1.807, 2.05) is 0 Å². The Balaban J connectivity index is 0.000000424. The second-order valence-corrected chi connectivity index (χ2v) is 3.65. The lowest BCUT2D eigenvalue weighted by atomic mass is 10.3. The maximum absolute atomic E-state index is 3.35. The number of piperazine rings is 1. The molecule has 1 saturated heterocycles. The van der Waals surface area contributed by atoms with Gasteiger partial charge >= 0.3 is 0 Å². The van der Waals surface area contributed by atoms with Crippen LogP contribution in [0.2, 0.25) is 0 Å². The highest BCUT2D eigenvalue weighted by molar-refractivity contribution is 4.66. The predicted octanol–water partition coefficient (Wildman–Crippen LogP) is 2.11. The molecule has 1 N–H and O–H groups in total. The highest BCUT2D eigenvalue weighted by Gasteiger charge is 2.06. The van der Waals surface area contributed by atoms with Crippen molar-refractivity contribution in [3.63, 3.8) is 0 Å². The molecule has 0 bridgehead atoms. The first-order chi connectivity index (χ1) is 6.35. The van der Waals surface area contributed by atoms with E-state index >= 15 is 0 Å². The van der Waals surface area contributed by atoms with Crippen LogP contribution in [0.25, 0.3) is 0 Å². The Kier molecular flexibility index (Phi) is 9.94. The molecule has 0 aromatic heterocycles. The average molecular weight is 186 g/mol. The third-order valence-corrected chi connectivity index (χ3v) is 2.04. The van der Waals surface area contributed by atoms with Crippen LogP contribution < -0.4 is 5.32 Å². The molecular weight excluding hydrogens is 160 g/mol. The third-order valence-electron chi connectivity index (χ3n) is 2.04. The van der Waals surface area contributed by atoms with Crippen LogP contribution in [0.3, 0.4) is 0 Å². The van der Waals surface area contributed by atoms with Crippen molar-refractivity contribution < 1.29 is 0 Å². The summed E-state index contributed by atoms with van der Waals surface area (Å²) in [4.78, 5) is 2.54. The summed E-state index contributed by atoms with van der Waals surface area (Å²) < 4.78 is 0. The van der Waals surface area contributed by atoms with Crippen LogP contribution in [-0.2, 0) is 0 Å². The summed E-state index contributed by atoms with van der Waals surface area (Å²) in [6.07, 6.45) is 3.93. The topological polar surface area (TPSA) is 15.3 Å². The summed E-state index contributed by atoms with van der Waals surface area (Å²) in [5.74, 6) is 0. The van der Waals surface area contributed by atoms with Gasteiger partial charge in [-0.2, -0.15) is 0 Å². The molecule has 0 atom stereocenters. The van der Waals surface area contributed by atoms with E-state index in [2.05, 4.69) is 31.0 Å². The van der Waals surface area contributed by atoms with Crippen LogP contribution in [0.4, 0.5) is 0 Å². The van der Waals surface area contributed by atoms with E-state index in [0.717, 1.165) is 0 Å². The molecule has 1 aliphatic heterocycles. The van der Waals surface area contributed by atoms with Gasteiger partial charge in [0.1, 0.15) is 0 Å². The molecule has 1 fully saturated rings. The molecule has 2 heteroatoms. The highest BCUT2D eigenvalue weighted by atomic mass is 15.2. The first kappa shape index (κ1) is 12.9. The van der Waals surface area contributed by atoms with Gasteiger partial charge in [-0.25, -0.2) is 0 Å². The van der Waals surface area contributed by atoms with Gasteiger partial charge < -0.3 is 10.2 Å². The lowest BCUT2D eigenvalue weighted by molar-refractivity contribution is 0.238. The van der Waals surface area contributed by atoms with E-state index in [1.54, 1.807) is 0 Å². The van der Waals surface area contributed by atoms with Gasteiger partial charge in [0, 0.05) is 26.2 Å². The maximum atomic E-state index is 3.35. The number of nitrogens with one attached hydrogen (secondary N) is 1. The molecule has 0 aliphatic carbocycles. The lowest BCUT2D eigenvalue weighted by Gasteiger charge is -2.26. The fourth-order valence-corrected chi connectivity index (χ4v) is 1.32. The van der Waals surface area contributed by atoms with Crippen molar-refractivity contribution in [3.05, 3.63) is 0 Å². The molecule has 0 spiro atoms. The molecule has 2 nitrogen and oxygen atoms in total. The van der Waals surface area contributed by atoms with Crippen LogP contribution in [0.15, 0.2) is 0 Å². The van der Waals surface area contributed by atoms with Gasteiger partial charge in [-0.15, -0.1) is 0 Å². The monoisotopic (exact) mass is 186 g/mol. The largest absolute Gasteiger partial charge is 0.314 e. The summed E-state index contributed by atoms with van der Waals surface area (Å²) in [5, 5.41) is 3.35. The summed E-state index contributed by atoms with van der Waals surface area (Å²) in [5.41, 5.74) is 0. The fourth-order valence-electron chi connectivity index (χ4n) is 1.32. The van der Waals surface area contributed by atoms with Crippen molar-refractivity contribution in [1.29, 1.82) is 0 Å². The lowest BCUT2D eigenvalue weighted by Crippen LogP contribution is -2.43. The van der Waals surface area contributed by atoms with Gasteiger partial charge in [0.05, 0.1) is 0 Å². The molecule has 1 rings (SSSR count). The molecule has 0 amide bonds. The van der Waals surface area contributed by atoms with Crippen LogP contribution in [0, 0.1) is 0 Å². The first-order valence-corrected chi connectivity index (χ1v) is 5.78. The number of hydrogen-bond acceptors (Lipinski definition) is 2. The Morgan fingerprint density at radius 2 is 1.62 bits per heavy atom. The van der Waals surface area contributed by atoms with Crippen LogP contribution in [-0.4, -0.2) is 37.6 Å². The van der Waals surface area contributed by atoms with Crippen molar-refractivity contribution in [2.24, 2.45) is 0 Å². The van der Waals surface area contributed by atoms with Crippen molar-refractivity contribution in [1.82, 2.24) is 10.2 Å². The second-order valence-electron chi connectivity index (χ2n) is 3.65.